The molecule has 23 heavy (non-hydrogen) atoms. The van der Waals surface area contributed by atoms with Crippen LogP contribution in [0, 0.1) is 0 Å². The van der Waals surface area contributed by atoms with Crippen molar-refractivity contribution < 1.29 is 17.9 Å². The Labute approximate surface area is 138 Å². The lowest BCUT2D eigenvalue weighted by Gasteiger charge is -2.38. The molecule has 0 bridgehead atoms. The predicted octanol–water partition coefficient (Wildman–Crippen LogP) is 2.05. The highest BCUT2D eigenvalue weighted by atomic mass is 32.2. The first-order valence-electron chi connectivity index (χ1n) is 8.17. The maximum absolute atomic E-state index is 12.1. The van der Waals surface area contributed by atoms with E-state index in [9.17, 15) is 13.2 Å². The van der Waals surface area contributed by atoms with E-state index in [0.717, 1.165) is 17.7 Å². The van der Waals surface area contributed by atoms with Gasteiger partial charge in [0, 0.05) is 25.3 Å². The third-order valence-corrected chi connectivity index (χ3v) is 6.25. The van der Waals surface area contributed by atoms with E-state index in [1.165, 1.54) is 0 Å². The lowest BCUT2D eigenvalue weighted by atomic mass is 10.1. The number of hydrogen-bond donors (Lipinski definition) is 0. The van der Waals surface area contributed by atoms with Gasteiger partial charge in [0.2, 0.25) is 5.91 Å². The Hall–Kier alpha value is -1.56. The molecule has 0 aromatic heterocycles. The van der Waals surface area contributed by atoms with Crippen LogP contribution in [-0.4, -0.2) is 49.9 Å². The smallest absolute Gasteiger partial charge is 0.222 e. The predicted molar refractivity (Wildman–Crippen MR) is 90.4 cm³/mol. The van der Waals surface area contributed by atoms with Crippen molar-refractivity contribution in [1.82, 2.24) is 4.90 Å². The number of carbonyl (C=O) groups excluding carboxylic acids is 1. The zero-order valence-corrected chi connectivity index (χ0v) is 14.6. The summed E-state index contributed by atoms with van der Waals surface area (Å²) in [5.41, 5.74) is 1.08. The third kappa shape index (κ3) is 4.70. The zero-order chi connectivity index (χ0) is 16.9. The molecule has 1 aromatic rings. The molecule has 1 heterocycles. The maximum atomic E-state index is 12.1. The van der Waals surface area contributed by atoms with Gasteiger partial charge in [-0.25, -0.2) is 8.42 Å². The number of ether oxygens (including phenoxy) is 1. The first kappa shape index (κ1) is 17.8. The van der Waals surface area contributed by atoms with E-state index in [-0.39, 0.29) is 16.9 Å². The van der Waals surface area contributed by atoms with Crippen LogP contribution in [0.15, 0.2) is 24.3 Å². The molecular formula is C17H25NO4S. The molecule has 2 rings (SSSR count). The van der Waals surface area contributed by atoms with Gasteiger partial charge in [0.15, 0.2) is 9.84 Å². The van der Waals surface area contributed by atoms with Gasteiger partial charge in [0.25, 0.3) is 0 Å². The molecule has 128 valence electrons. The second-order valence-corrected chi connectivity index (χ2v) is 8.43. The Morgan fingerprint density at radius 1 is 1.22 bits per heavy atom. The van der Waals surface area contributed by atoms with Crippen molar-refractivity contribution >= 4 is 15.7 Å². The number of carbonyl (C=O) groups is 1. The molecule has 0 saturated carbocycles. The van der Waals surface area contributed by atoms with Crippen LogP contribution in [0.1, 0.15) is 32.3 Å². The summed E-state index contributed by atoms with van der Waals surface area (Å²) in [5, 5.41) is -0.369. The second-order valence-electron chi connectivity index (χ2n) is 5.86. The Balaban J connectivity index is 1.75. The van der Waals surface area contributed by atoms with Gasteiger partial charge in [-0.05, 0) is 30.5 Å². The summed E-state index contributed by atoms with van der Waals surface area (Å²) in [5.74, 6) is 1.02. The average Bonchev–Trinajstić information content (AvgIpc) is 2.50. The molecule has 0 spiro atoms. The lowest BCUT2D eigenvalue weighted by molar-refractivity contribution is -0.134. The second kappa shape index (κ2) is 7.81. The Morgan fingerprint density at radius 2 is 1.87 bits per heavy atom. The van der Waals surface area contributed by atoms with Gasteiger partial charge in [0.1, 0.15) is 5.75 Å². The molecule has 1 aliphatic rings. The van der Waals surface area contributed by atoms with Crippen molar-refractivity contribution in [1.29, 1.82) is 0 Å². The number of likely N-dealkylation sites (tertiary alicyclic amines) is 1. The van der Waals surface area contributed by atoms with Crippen LogP contribution in [0.2, 0.25) is 0 Å². The number of benzene rings is 1. The van der Waals surface area contributed by atoms with E-state index >= 15 is 0 Å². The van der Waals surface area contributed by atoms with Crippen molar-refractivity contribution in [2.24, 2.45) is 0 Å². The molecular weight excluding hydrogens is 314 g/mol. The van der Waals surface area contributed by atoms with E-state index < -0.39 is 9.84 Å². The van der Waals surface area contributed by atoms with Crippen LogP contribution >= 0.6 is 0 Å². The fraction of sp³-hybridized carbons (Fsp3) is 0.588. The third-order valence-electron chi connectivity index (χ3n) is 4.13. The minimum absolute atomic E-state index is 0.0267. The van der Waals surface area contributed by atoms with Crippen LogP contribution < -0.4 is 4.74 Å². The van der Waals surface area contributed by atoms with Gasteiger partial charge in [-0.3, -0.25) is 4.79 Å². The van der Waals surface area contributed by atoms with Crippen LogP contribution in [0.3, 0.4) is 0 Å². The molecule has 0 N–H and O–H groups in total. The topological polar surface area (TPSA) is 63.7 Å². The van der Waals surface area contributed by atoms with Crippen molar-refractivity contribution in [3.63, 3.8) is 0 Å². The molecule has 1 aliphatic heterocycles. The summed E-state index contributed by atoms with van der Waals surface area (Å²) in [6.07, 6.45) is 2.05. The highest BCUT2D eigenvalue weighted by Crippen LogP contribution is 2.19. The quantitative estimate of drug-likeness (QED) is 0.727. The van der Waals surface area contributed by atoms with Crippen LogP contribution in [0.4, 0.5) is 0 Å². The van der Waals surface area contributed by atoms with Crippen LogP contribution in [0.25, 0.3) is 0 Å². The molecule has 0 unspecified atom stereocenters. The first-order valence-corrected chi connectivity index (χ1v) is 9.89. The van der Waals surface area contributed by atoms with Gasteiger partial charge in [-0.1, -0.05) is 26.0 Å². The SMILES string of the molecule is CCCOc1ccc(CCC(=O)N2CC(S(=O)(=O)CC)C2)cc1. The van der Waals surface area contributed by atoms with E-state index in [1.54, 1.807) is 11.8 Å². The summed E-state index contributed by atoms with van der Waals surface area (Å²) in [4.78, 5) is 13.7. The van der Waals surface area contributed by atoms with Gasteiger partial charge < -0.3 is 9.64 Å². The zero-order valence-electron chi connectivity index (χ0n) is 13.8. The van der Waals surface area contributed by atoms with Crippen LogP contribution in [-0.2, 0) is 21.1 Å². The summed E-state index contributed by atoms with van der Waals surface area (Å²) >= 11 is 0. The number of amides is 1. The largest absolute Gasteiger partial charge is 0.494 e. The molecule has 6 heteroatoms. The number of sulfone groups is 1. The van der Waals surface area contributed by atoms with Crippen molar-refractivity contribution in [3.8, 4) is 5.75 Å². The van der Waals surface area contributed by atoms with Crippen molar-refractivity contribution in [2.45, 2.75) is 38.4 Å². The molecule has 1 aromatic carbocycles. The highest BCUT2D eigenvalue weighted by molar-refractivity contribution is 7.92. The summed E-state index contributed by atoms with van der Waals surface area (Å²) < 4.78 is 28.9. The average molecular weight is 339 g/mol. The number of nitrogens with zero attached hydrogens (tertiary/aromatic N) is 1. The molecule has 0 aliphatic carbocycles. The lowest BCUT2D eigenvalue weighted by Crippen LogP contribution is -2.57. The van der Waals surface area contributed by atoms with Gasteiger partial charge in [0.05, 0.1) is 11.9 Å². The molecule has 1 saturated heterocycles. The van der Waals surface area contributed by atoms with Gasteiger partial charge >= 0.3 is 0 Å². The fourth-order valence-corrected chi connectivity index (χ4v) is 3.77. The van der Waals surface area contributed by atoms with Gasteiger partial charge in [-0.2, -0.15) is 0 Å². The molecule has 0 radical (unpaired) electrons. The van der Waals surface area contributed by atoms with Crippen molar-refractivity contribution in [3.05, 3.63) is 29.8 Å². The first-order chi connectivity index (χ1) is 11.0. The Bertz CT molecular complexity index is 618. The molecule has 1 amide bonds. The summed E-state index contributed by atoms with van der Waals surface area (Å²) in [6, 6.07) is 7.78. The highest BCUT2D eigenvalue weighted by Gasteiger charge is 2.38. The van der Waals surface area contributed by atoms with Crippen molar-refractivity contribution in [2.75, 3.05) is 25.4 Å². The normalized spacial score (nSPS) is 15.3. The number of hydrogen-bond acceptors (Lipinski definition) is 4. The Morgan fingerprint density at radius 3 is 2.43 bits per heavy atom. The maximum Gasteiger partial charge on any atom is 0.222 e. The minimum Gasteiger partial charge on any atom is -0.494 e. The van der Waals surface area contributed by atoms with E-state index in [0.29, 0.717) is 32.5 Å². The summed E-state index contributed by atoms with van der Waals surface area (Å²) in [7, 11) is -3.02. The fourth-order valence-electron chi connectivity index (χ4n) is 2.49. The molecule has 0 atom stereocenters. The van der Waals surface area contributed by atoms with Crippen LogP contribution in [0.5, 0.6) is 5.75 Å². The molecule has 1 fully saturated rings. The number of aryl methyl sites for hydroxylation is 1. The Kier molecular flexibility index (Phi) is 6.04. The van der Waals surface area contributed by atoms with E-state index in [2.05, 4.69) is 6.92 Å². The number of rotatable bonds is 8. The van der Waals surface area contributed by atoms with Gasteiger partial charge in [-0.15, -0.1) is 0 Å². The monoisotopic (exact) mass is 339 g/mol. The molecule has 5 nitrogen and oxygen atoms in total. The minimum atomic E-state index is -3.02. The van der Waals surface area contributed by atoms with E-state index in [4.69, 9.17) is 4.74 Å². The summed E-state index contributed by atoms with van der Waals surface area (Å²) in [6.45, 7) is 5.10. The standard InChI is InChI=1S/C17H25NO4S/c1-3-11-22-15-8-5-14(6-9-15)7-10-17(19)18-12-16(13-18)23(20,21)4-2/h5-6,8-9,16H,3-4,7,10-13H2,1-2H3. The van der Waals surface area contributed by atoms with E-state index in [1.807, 2.05) is 24.3 Å².